The molecule has 2 aliphatic rings. The summed E-state index contributed by atoms with van der Waals surface area (Å²) in [5.74, 6) is 1.10. The Hall–Kier alpha value is -2.80. The summed E-state index contributed by atoms with van der Waals surface area (Å²) in [6.45, 7) is 4.55. The van der Waals surface area contributed by atoms with Gasteiger partial charge >= 0.3 is 0 Å². The fourth-order valence-corrected chi connectivity index (χ4v) is 5.93. The lowest BCUT2D eigenvalue weighted by atomic mass is 9.86. The fraction of sp³-hybridized carbons (Fsp3) is 0.440. The molecule has 2 amide bonds. The van der Waals surface area contributed by atoms with Crippen LogP contribution in [0.5, 0.6) is 5.75 Å². The van der Waals surface area contributed by atoms with Gasteiger partial charge in [0.1, 0.15) is 17.0 Å². The van der Waals surface area contributed by atoms with Gasteiger partial charge in [-0.1, -0.05) is 13.0 Å². The number of anilines is 1. The Labute approximate surface area is 192 Å². The Morgan fingerprint density at radius 2 is 1.97 bits per heavy atom. The first-order valence-electron chi connectivity index (χ1n) is 11.3. The molecule has 0 spiro atoms. The van der Waals surface area contributed by atoms with Crippen LogP contribution in [0.2, 0.25) is 0 Å². The molecule has 7 heteroatoms. The zero-order chi connectivity index (χ0) is 22.5. The number of fused-ring (bicyclic) bond motifs is 3. The lowest BCUT2D eigenvalue weighted by Crippen LogP contribution is -2.65. The summed E-state index contributed by atoms with van der Waals surface area (Å²) in [4.78, 5) is 29.3. The first-order valence-corrected chi connectivity index (χ1v) is 12.1. The number of methoxy groups -OCH3 is 1. The summed E-state index contributed by atoms with van der Waals surface area (Å²) in [5.41, 5.74) is 1.23. The molecule has 0 unspecified atom stereocenters. The van der Waals surface area contributed by atoms with Crippen LogP contribution in [0, 0.1) is 5.92 Å². The van der Waals surface area contributed by atoms with E-state index in [2.05, 4.69) is 12.2 Å². The highest BCUT2D eigenvalue weighted by Crippen LogP contribution is 2.38. The zero-order valence-corrected chi connectivity index (χ0v) is 19.6. The third kappa shape index (κ3) is 3.39. The molecule has 1 fully saturated rings. The molecule has 1 aliphatic heterocycles. The Morgan fingerprint density at radius 1 is 1.19 bits per heavy atom. The Balaban J connectivity index is 1.57. The molecule has 3 aromatic rings. The maximum absolute atomic E-state index is 13.8. The van der Waals surface area contributed by atoms with Crippen LogP contribution in [0.1, 0.15) is 50.0 Å². The second kappa shape index (κ2) is 7.96. The van der Waals surface area contributed by atoms with Crippen molar-refractivity contribution in [2.75, 3.05) is 12.0 Å². The number of benzene rings is 1. The van der Waals surface area contributed by atoms with Gasteiger partial charge in [0.2, 0.25) is 5.91 Å². The number of aromatic nitrogens is 1. The monoisotopic (exact) mass is 451 g/mol. The summed E-state index contributed by atoms with van der Waals surface area (Å²) in [7, 11) is 1.60. The largest absolute Gasteiger partial charge is 0.497 e. The maximum atomic E-state index is 13.8. The molecule has 0 saturated heterocycles. The number of rotatable bonds is 4. The number of nitrogens with one attached hydrogen (secondary N) is 1. The number of nitrogens with zero attached hydrogens (tertiary/aromatic N) is 2. The van der Waals surface area contributed by atoms with E-state index < -0.39 is 5.54 Å². The van der Waals surface area contributed by atoms with E-state index in [9.17, 15) is 9.59 Å². The van der Waals surface area contributed by atoms with Gasteiger partial charge in [0.15, 0.2) is 0 Å². The number of carbonyl (C=O) groups is 2. The second-order valence-electron chi connectivity index (χ2n) is 9.33. The SMILES string of the molecule is COc1cccc(N2C(=O)c3cc4sccc4n3C[C@]2(C)C(=O)NC2CCC(C)CC2)c1. The number of thiophene rings is 1. The van der Waals surface area contributed by atoms with E-state index in [1.165, 1.54) is 0 Å². The Bertz CT molecular complexity index is 1170. The maximum Gasteiger partial charge on any atom is 0.275 e. The van der Waals surface area contributed by atoms with Crippen molar-refractivity contribution in [1.29, 1.82) is 0 Å². The van der Waals surface area contributed by atoms with E-state index >= 15 is 0 Å². The summed E-state index contributed by atoms with van der Waals surface area (Å²) in [6, 6.07) is 11.5. The van der Waals surface area contributed by atoms with Gasteiger partial charge in [-0.25, -0.2) is 0 Å². The molecule has 0 bridgehead atoms. The summed E-state index contributed by atoms with van der Waals surface area (Å²) < 4.78 is 8.47. The number of ether oxygens (including phenoxy) is 1. The molecule has 2 aromatic heterocycles. The molecule has 3 heterocycles. The summed E-state index contributed by atoms with van der Waals surface area (Å²) in [5, 5.41) is 5.31. The van der Waals surface area contributed by atoms with Crippen LogP contribution in [0.3, 0.4) is 0 Å². The molecular formula is C25H29N3O3S. The standard InChI is InChI=1S/C25H29N3O3S/c1-16-7-9-17(10-8-16)26-24(30)25(2)15-27-20-11-12-32-22(20)14-21(27)23(29)28(25)18-5-4-6-19(13-18)31-3/h4-6,11-14,16-17H,7-10,15H2,1-3H3,(H,26,30)/t16?,17?,25-/m1/s1. The smallest absolute Gasteiger partial charge is 0.275 e. The van der Waals surface area contributed by atoms with Crippen molar-refractivity contribution in [3.05, 3.63) is 47.5 Å². The number of carbonyl (C=O) groups excluding carboxylic acids is 2. The Kier molecular flexibility index (Phi) is 5.24. The van der Waals surface area contributed by atoms with Crippen molar-refractivity contribution in [2.45, 2.75) is 57.7 Å². The molecule has 5 rings (SSSR count). The number of hydrogen-bond donors (Lipinski definition) is 1. The van der Waals surface area contributed by atoms with Crippen LogP contribution in [-0.4, -0.2) is 35.1 Å². The molecule has 1 saturated carbocycles. The lowest BCUT2D eigenvalue weighted by molar-refractivity contribution is -0.127. The zero-order valence-electron chi connectivity index (χ0n) is 18.8. The molecule has 32 heavy (non-hydrogen) atoms. The van der Waals surface area contributed by atoms with E-state index in [1.54, 1.807) is 23.3 Å². The van der Waals surface area contributed by atoms with Gasteiger partial charge < -0.3 is 14.6 Å². The van der Waals surface area contributed by atoms with Crippen molar-refractivity contribution in [3.8, 4) is 5.75 Å². The third-order valence-electron chi connectivity index (χ3n) is 7.06. The minimum Gasteiger partial charge on any atom is -0.497 e. The minimum absolute atomic E-state index is 0.101. The van der Waals surface area contributed by atoms with Crippen molar-refractivity contribution in [3.63, 3.8) is 0 Å². The fourth-order valence-electron chi connectivity index (χ4n) is 5.11. The second-order valence-corrected chi connectivity index (χ2v) is 10.3. The van der Waals surface area contributed by atoms with Gasteiger partial charge in [0.05, 0.1) is 23.9 Å². The molecule has 1 N–H and O–H groups in total. The van der Waals surface area contributed by atoms with Gasteiger partial charge in [-0.2, -0.15) is 0 Å². The van der Waals surface area contributed by atoms with Crippen LogP contribution in [0.25, 0.3) is 10.2 Å². The van der Waals surface area contributed by atoms with Gasteiger partial charge in [0, 0.05) is 17.8 Å². The number of amides is 2. The predicted octanol–water partition coefficient (Wildman–Crippen LogP) is 4.83. The van der Waals surface area contributed by atoms with E-state index in [4.69, 9.17) is 4.74 Å². The highest BCUT2D eigenvalue weighted by atomic mass is 32.1. The average molecular weight is 452 g/mol. The van der Waals surface area contributed by atoms with Crippen LogP contribution in [-0.2, 0) is 11.3 Å². The highest BCUT2D eigenvalue weighted by molar-refractivity contribution is 7.17. The van der Waals surface area contributed by atoms with Crippen molar-refractivity contribution in [2.24, 2.45) is 5.92 Å². The minimum atomic E-state index is -1.06. The first-order chi connectivity index (χ1) is 15.4. The highest BCUT2D eigenvalue weighted by Gasteiger charge is 2.49. The molecule has 168 valence electrons. The molecule has 1 aliphatic carbocycles. The quantitative estimate of drug-likeness (QED) is 0.618. The van der Waals surface area contributed by atoms with Gasteiger partial charge in [0.25, 0.3) is 5.91 Å². The third-order valence-corrected chi connectivity index (χ3v) is 7.91. The summed E-state index contributed by atoms with van der Waals surface area (Å²) >= 11 is 1.61. The summed E-state index contributed by atoms with van der Waals surface area (Å²) in [6.07, 6.45) is 4.22. The molecular weight excluding hydrogens is 422 g/mol. The molecule has 0 radical (unpaired) electrons. The van der Waals surface area contributed by atoms with Gasteiger partial charge in [-0.05, 0) is 68.2 Å². The molecule has 1 aromatic carbocycles. The Morgan fingerprint density at radius 3 is 2.72 bits per heavy atom. The van der Waals surface area contributed by atoms with E-state index in [0.717, 1.165) is 35.9 Å². The van der Waals surface area contributed by atoms with E-state index in [0.29, 0.717) is 29.6 Å². The predicted molar refractivity (Wildman–Crippen MR) is 128 cm³/mol. The van der Waals surface area contributed by atoms with Crippen molar-refractivity contribution in [1.82, 2.24) is 9.88 Å². The van der Waals surface area contributed by atoms with E-state index in [-0.39, 0.29) is 17.9 Å². The van der Waals surface area contributed by atoms with Crippen LogP contribution < -0.4 is 15.0 Å². The van der Waals surface area contributed by atoms with Crippen molar-refractivity contribution >= 4 is 39.1 Å². The molecule has 1 atom stereocenters. The van der Waals surface area contributed by atoms with Crippen LogP contribution in [0.4, 0.5) is 5.69 Å². The average Bonchev–Trinajstić information content (AvgIpc) is 3.38. The normalized spacial score (nSPS) is 25.6. The topological polar surface area (TPSA) is 63.6 Å². The van der Waals surface area contributed by atoms with E-state index in [1.807, 2.05) is 53.3 Å². The lowest BCUT2D eigenvalue weighted by Gasteiger charge is -2.45. The van der Waals surface area contributed by atoms with Gasteiger partial charge in [-0.3, -0.25) is 14.5 Å². The van der Waals surface area contributed by atoms with Crippen LogP contribution >= 0.6 is 11.3 Å². The first kappa shape index (κ1) is 21.1. The number of hydrogen-bond acceptors (Lipinski definition) is 4. The van der Waals surface area contributed by atoms with Crippen molar-refractivity contribution < 1.29 is 14.3 Å². The molecule has 6 nitrogen and oxygen atoms in total. The van der Waals surface area contributed by atoms with Crippen LogP contribution in [0.15, 0.2) is 41.8 Å². The van der Waals surface area contributed by atoms with Gasteiger partial charge in [-0.15, -0.1) is 11.3 Å².